The Hall–Kier alpha value is -4.18. The summed E-state index contributed by atoms with van der Waals surface area (Å²) in [6, 6.07) is 9.73. The molecule has 190 valence electrons. The van der Waals surface area contributed by atoms with E-state index < -0.39 is 5.69 Å². The number of nitrogens with zero attached hydrogens (tertiary/aromatic N) is 4. The Morgan fingerprint density at radius 2 is 1.89 bits per heavy atom. The molecule has 0 unspecified atom stereocenters. The molecule has 2 fully saturated rings. The Kier molecular flexibility index (Phi) is 5.49. The zero-order valence-electron chi connectivity index (χ0n) is 21.0. The van der Waals surface area contributed by atoms with Crippen LogP contribution < -0.4 is 31.5 Å². The third-order valence-corrected chi connectivity index (χ3v) is 7.54. The molecule has 1 saturated heterocycles. The summed E-state index contributed by atoms with van der Waals surface area (Å²) in [5, 5.41) is 7.73. The molecule has 37 heavy (non-hydrogen) atoms. The number of hydrogen-bond donors (Lipinski definition) is 3. The van der Waals surface area contributed by atoms with Crippen molar-refractivity contribution in [1.82, 2.24) is 24.8 Å². The number of fused-ring (bicyclic) bond motifs is 1. The van der Waals surface area contributed by atoms with E-state index in [2.05, 4.69) is 20.6 Å². The van der Waals surface area contributed by atoms with Gasteiger partial charge in [0.05, 0.1) is 19.7 Å². The van der Waals surface area contributed by atoms with Crippen molar-refractivity contribution < 1.29 is 9.47 Å². The maximum absolute atomic E-state index is 12.8. The molecule has 0 bridgehead atoms. The van der Waals surface area contributed by atoms with Crippen molar-refractivity contribution in [2.24, 2.45) is 5.41 Å². The van der Waals surface area contributed by atoms with Gasteiger partial charge in [-0.3, -0.25) is 4.57 Å². The zero-order valence-corrected chi connectivity index (χ0v) is 21.0. The van der Waals surface area contributed by atoms with Crippen LogP contribution in [0.25, 0.3) is 27.7 Å². The molecule has 0 radical (unpaired) electrons. The standard InChI is InChI=1S/C27H29N7O3/c1-15-20(36-2)9-21(37-3)24(34-7-6-22(28)33-26(34)35)23(15)16-4-5-19-17(8-16)12-30-25(32-19)31-18-10-27(11-18)13-29-14-27/h4-9,12,18,29H,10-11,13-14H2,1-3H3,(H2,28,33,35)(H,30,31,32). The van der Waals surface area contributed by atoms with Gasteiger partial charge in [-0.15, -0.1) is 0 Å². The van der Waals surface area contributed by atoms with Crippen molar-refractivity contribution in [3.8, 4) is 28.3 Å². The number of nitrogen functional groups attached to an aromatic ring is 1. The van der Waals surface area contributed by atoms with Gasteiger partial charge in [-0.2, -0.15) is 4.98 Å². The molecular formula is C27H29N7O3. The van der Waals surface area contributed by atoms with E-state index >= 15 is 0 Å². The van der Waals surface area contributed by atoms with Gasteiger partial charge in [0.25, 0.3) is 0 Å². The number of aromatic nitrogens is 4. The van der Waals surface area contributed by atoms with Crippen LogP contribution in [0.4, 0.5) is 11.8 Å². The average molecular weight is 500 g/mol. The van der Waals surface area contributed by atoms with Crippen molar-refractivity contribution in [2.75, 3.05) is 38.4 Å². The number of nitrogens with two attached hydrogens (primary N) is 1. The second-order valence-corrected chi connectivity index (χ2v) is 9.95. The molecule has 6 rings (SSSR count). The van der Waals surface area contributed by atoms with Gasteiger partial charge in [0.2, 0.25) is 5.95 Å². The highest BCUT2D eigenvalue weighted by Crippen LogP contribution is 2.45. The van der Waals surface area contributed by atoms with Gasteiger partial charge >= 0.3 is 5.69 Å². The van der Waals surface area contributed by atoms with E-state index in [1.807, 2.05) is 31.3 Å². The second kappa shape index (κ2) is 8.74. The summed E-state index contributed by atoms with van der Waals surface area (Å²) in [6.07, 6.45) is 5.74. The number of methoxy groups -OCH3 is 2. The summed E-state index contributed by atoms with van der Waals surface area (Å²) in [5.41, 5.74) is 9.62. The molecule has 0 atom stereocenters. The van der Waals surface area contributed by atoms with E-state index in [9.17, 15) is 4.79 Å². The summed E-state index contributed by atoms with van der Waals surface area (Å²) in [5.74, 6) is 1.91. The maximum Gasteiger partial charge on any atom is 0.354 e. The number of anilines is 2. The fraction of sp³-hybridized carbons (Fsp3) is 0.333. The predicted octanol–water partition coefficient (Wildman–Crippen LogP) is 2.91. The lowest BCUT2D eigenvalue weighted by molar-refractivity contribution is 0.0468. The van der Waals surface area contributed by atoms with E-state index in [0.717, 1.165) is 53.5 Å². The van der Waals surface area contributed by atoms with Crippen molar-refractivity contribution in [2.45, 2.75) is 25.8 Å². The summed E-state index contributed by atoms with van der Waals surface area (Å²) in [6.45, 7) is 4.17. The van der Waals surface area contributed by atoms with Gasteiger partial charge in [-0.1, -0.05) is 6.07 Å². The first-order valence-corrected chi connectivity index (χ1v) is 12.3. The lowest BCUT2D eigenvalue weighted by atomic mass is 9.62. The molecule has 4 aromatic rings. The molecular weight excluding hydrogens is 470 g/mol. The predicted molar refractivity (Wildman–Crippen MR) is 143 cm³/mol. The van der Waals surface area contributed by atoms with Crippen molar-refractivity contribution >= 4 is 22.7 Å². The number of rotatable bonds is 6. The molecule has 2 aromatic heterocycles. The summed E-state index contributed by atoms with van der Waals surface area (Å²) in [7, 11) is 3.16. The minimum Gasteiger partial charge on any atom is -0.496 e. The third kappa shape index (κ3) is 3.93. The van der Waals surface area contributed by atoms with Crippen LogP contribution in [0.2, 0.25) is 0 Å². The molecule has 2 aliphatic rings. The summed E-state index contributed by atoms with van der Waals surface area (Å²) in [4.78, 5) is 26.1. The summed E-state index contributed by atoms with van der Waals surface area (Å²) >= 11 is 0. The monoisotopic (exact) mass is 499 g/mol. The largest absolute Gasteiger partial charge is 0.496 e. The second-order valence-electron chi connectivity index (χ2n) is 9.95. The van der Waals surface area contributed by atoms with Gasteiger partial charge in [0.1, 0.15) is 23.0 Å². The van der Waals surface area contributed by atoms with Crippen molar-refractivity contribution in [3.63, 3.8) is 0 Å². The first kappa shape index (κ1) is 23.2. The van der Waals surface area contributed by atoms with Crippen LogP contribution in [-0.4, -0.2) is 52.9 Å². The number of benzene rings is 2. The molecule has 3 heterocycles. The van der Waals surface area contributed by atoms with Crippen LogP contribution in [0.5, 0.6) is 11.5 Å². The Morgan fingerprint density at radius 3 is 2.57 bits per heavy atom. The van der Waals surface area contributed by atoms with Crippen molar-refractivity contribution in [1.29, 1.82) is 0 Å². The molecule has 2 aromatic carbocycles. The minimum atomic E-state index is -0.501. The van der Waals surface area contributed by atoms with Gasteiger partial charge < -0.3 is 25.8 Å². The van der Waals surface area contributed by atoms with E-state index in [1.54, 1.807) is 32.5 Å². The summed E-state index contributed by atoms with van der Waals surface area (Å²) < 4.78 is 12.8. The van der Waals surface area contributed by atoms with E-state index in [4.69, 9.17) is 20.2 Å². The smallest absolute Gasteiger partial charge is 0.354 e. The molecule has 10 heteroatoms. The van der Waals surface area contributed by atoms with Crippen molar-refractivity contribution in [3.05, 3.63) is 58.8 Å². The van der Waals surface area contributed by atoms with Gasteiger partial charge in [-0.05, 0) is 48.9 Å². The molecule has 1 aliphatic heterocycles. The Labute approximate surface area is 213 Å². The fourth-order valence-corrected chi connectivity index (χ4v) is 5.56. The van der Waals surface area contributed by atoms with Crippen LogP contribution in [0, 0.1) is 12.3 Å². The Balaban J connectivity index is 1.42. The van der Waals surface area contributed by atoms with Crippen LogP contribution in [-0.2, 0) is 0 Å². The first-order chi connectivity index (χ1) is 17.9. The molecule has 1 spiro atoms. The normalized spacial score (nSPS) is 16.3. The van der Waals surface area contributed by atoms with Crippen LogP contribution in [0.15, 0.2) is 47.5 Å². The lowest BCUT2D eigenvalue weighted by Gasteiger charge is -2.54. The van der Waals surface area contributed by atoms with E-state index in [0.29, 0.717) is 34.6 Å². The average Bonchev–Trinajstić information content (AvgIpc) is 2.84. The highest BCUT2D eigenvalue weighted by molar-refractivity contribution is 5.89. The minimum absolute atomic E-state index is 0.153. The molecule has 10 nitrogen and oxygen atoms in total. The zero-order chi connectivity index (χ0) is 25.7. The Morgan fingerprint density at radius 1 is 1.11 bits per heavy atom. The fourth-order valence-electron chi connectivity index (χ4n) is 5.56. The first-order valence-electron chi connectivity index (χ1n) is 12.3. The number of hydrogen-bond acceptors (Lipinski definition) is 9. The quantitative estimate of drug-likeness (QED) is 0.367. The van der Waals surface area contributed by atoms with Gasteiger partial charge in [0.15, 0.2) is 0 Å². The topological polar surface area (TPSA) is 129 Å². The lowest BCUT2D eigenvalue weighted by Crippen LogP contribution is -2.63. The molecule has 1 saturated carbocycles. The van der Waals surface area contributed by atoms with Crippen LogP contribution in [0.1, 0.15) is 18.4 Å². The maximum atomic E-state index is 12.8. The van der Waals surface area contributed by atoms with E-state index in [1.165, 1.54) is 4.57 Å². The van der Waals surface area contributed by atoms with Gasteiger partial charge in [0, 0.05) is 54.1 Å². The Bertz CT molecular complexity index is 1570. The molecule has 0 amide bonds. The highest BCUT2D eigenvalue weighted by Gasteiger charge is 2.48. The van der Waals surface area contributed by atoms with Crippen LogP contribution >= 0.6 is 0 Å². The van der Waals surface area contributed by atoms with Gasteiger partial charge in [-0.25, -0.2) is 14.8 Å². The highest BCUT2D eigenvalue weighted by atomic mass is 16.5. The van der Waals surface area contributed by atoms with E-state index in [-0.39, 0.29) is 5.82 Å². The SMILES string of the molecule is COc1cc(OC)c(-n2ccc(N)nc2=O)c(-c2ccc3nc(NC4CC5(CNC5)C4)ncc3c2)c1C. The molecule has 1 aliphatic carbocycles. The molecule has 4 N–H and O–H groups in total. The third-order valence-electron chi connectivity index (χ3n) is 7.54. The van der Waals surface area contributed by atoms with Crippen LogP contribution in [0.3, 0.4) is 0 Å². The number of nitrogens with one attached hydrogen (secondary N) is 2. The number of ether oxygens (including phenoxy) is 2.